The standard InChI is InChI=1S/C12H13BrO5/c1-3-17-10-5-8(6-14)4-9(13)12(10)18-7-11(15)16-2/h4-6H,3,7H2,1-2H3. The minimum absolute atomic E-state index is 0.227. The molecule has 0 aliphatic rings. The maximum absolute atomic E-state index is 11.0. The van der Waals surface area contributed by atoms with E-state index in [1.807, 2.05) is 6.92 Å². The van der Waals surface area contributed by atoms with E-state index in [0.717, 1.165) is 0 Å². The monoisotopic (exact) mass is 316 g/mol. The molecule has 0 aliphatic heterocycles. The molecule has 0 saturated carbocycles. The van der Waals surface area contributed by atoms with Gasteiger partial charge in [-0.15, -0.1) is 0 Å². The summed E-state index contributed by atoms with van der Waals surface area (Å²) < 4.78 is 15.7. The van der Waals surface area contributed by atoms with Gasteiger partial charge in [-0.1, -0.05) is 0 Å². The molecule has 0 bridgehead atoms. The zero-order valence-corrected chi connectivity index (χ0v) is 11.7. The predicted molar refractivity (Wildman–Crippen MR) is 68.2 cm³/mol. The summed E-state index contributed by atoms with van der Waals surface area (Å²) in [6, 6.07) is 3.13. The molecule has 0 fully saturated rings. The molecule has 0 radical (unpaired) electrons. The number of methoxy groups -OCH3 is 1. The van der Waals surface area contributed by atoms with Crippen molar-refractivity contribution in [2.24, 2.45) is 0 Å². The normalized spacial score (nSPS) is 9.72. The Morgan fingerprint density at radius 2 is 2.11 bits per heavy atom. The molecule has 0 saturated heterocycles. The van der Waals surface area contributed by atoms with Gasteiger partial charge in [-0.2, -0.15) is 0 Å². The first-order valence-corrected chi connectivity index (χ1v) is 6.02. The lowest BCUT2D eigenvalue weighted by Crippen LogP contribution is -2.13. The molecule has 6 heteroatoms. The number of carbonyl (C=O) groups excluding carboxylic acids is 2. The van der Waals surface area contributed by atoms with Crippen molar-refractivity contribution in [3.05, 3.63) is 22.2 Å². The van der Waals surface area contributed by atoms with Gasteiger partial charge in [-0.3, -0.25) is 4.79 Å². The van der Waals surface area contributed by atoms with Crippen molar-refractivity contribution < 1.29 is 23.8 Å². The molecule has 1 rings (SSSR count). The molecule has 0 heterocycles. The summed E-state index contributed by atoms with van der Waals surface area (Å²) in [7, 11) is 1.28. The molecule has 1 aromatic carbocycles. The van der Waals surface area contributed by atoms with Crippen molar-refractivity contribution >= 4 is 28.2 Å². The maximum atomic E-state index is 11.0. The van der Waals surface area contributed by atoms with Crippen LogP contribution in [0.3, 0.4) is 0 Å². The van der Waals surface area contributed by atoms with Crippen LogP contribution in [0.5, 0.6) is 11.5 Å². The third-order valence-corrected chi connectivity index (χ3v) is 2.62. The predicted octanol–water partition coefficient (Wildman–Crippen LogP) is 2.21. The molecular formula is C12H13BrO5. The molecule has 5 nitrogen and oxygen atoms in total. The van der Waals surface area contributed by atoms with E-state index in [-0.39, 0.29) is 6.61 Å². The molecule has 0 amide bonds. The molecule has 0 spiro atoms. The summed E-state index contributed by atoms with van der Waals surface area (Å²) in [5.41, 5.74) is 0.454. The van der Waals surface area contributed by atoms with Crippen LogP contribution in [0.25, 0.3) is 0 Å². The number of ether oxygens (including phenoxy) is 3. The number of esters is 1. The van der Waals surface area contributed by atoms with Crippen LogP contribution in [0.1, 0.15) is 17.3 Å². The van der Waals surface area contributed by atoms with Crippen LogP contribution in [0.15, 0.2) is 16.6 Å². The van der Waals surface area contributed by atoms with E-state index >= 15 is 0 Å². The van der Waals surface area contributed by atoms with E-state index in [2.05, 4.69) is 20.7 Å². The summed E-state index contributed by atoms with van der Waals surface area (Å²) >= 11 is 3.26. The van der Waals surface area contributed by atoms with Gasteiger partial charge in [-0.05, 0) is 35.0 Å². The average molecular weight is 317 g/mol. The van der Waals surface area contributed by atoms with E-state index in [0.29, 0.717) is 34.4 Å². The third kappa shape index (κ3) is 3.73. The smallest absolute Gasteiger partial charge is 0.343 e. The Morgan fingerprint density at radius 1 is 1.39 bits per heavy atom. The first-order chi connectivity index (χ1) is 8.62. The van der Waals surface area contributed by atoms with Crippen molar-refractivity contribution in [2.75, 3.05) is 20.3 Å². The number of hydrogen-bond donors (Lipinski definition) is 0. The van der Waals surface area contributed by atoms with Crippen molar-refractivity contribution in [3.8, 4) is 11.5 Å². The quantitative estimate of drug-likeness (QED) is 0.595. The second-order valence-electron chi connectivity index (χ2n) is 3.25. The van der Waals surface area contributed by atoms with Crippen LogP contribution >= 0.6 is 15.9 Å². The fourth-order valence-corrected chi connectivity index (χ4v) is 1.82. The summed E-state index contributed by atoms with van der Waals surface area (Å²) in [4.78, 5) is 21.8. The van der Waals surface area contributed by atoms with Crippen LogP contribution in [0, 0.1) is 0 Å². The average Bonchev–Trinajstić information content (AvgIpc) is 2.37. The minimum atomic E-state index is -0.496. The molecule has 98 valence electrons. The summed E-state index contributed by atoms with van der Waals surface area (Å²) in [6.45, 7) is 2.00. The van der Waals surface area contributed by atoms with E-state index in [9.17, 15) is 9.59 Å². The Morgan fingerprint density at radius 3 is 2.67 bits per heavy atom. The molecule has 0 atom stereocenters. The van der Waals surface area contributed by atoms with Crippen molar-refractivity contribution in [1.29, 1.82) is 0 Å². The number of halogens is 1. The fourth-order valence-electron chi connectivity index (χ4n) is 1.25. The second-order valence-corrected chi connectivity index (χ2v) is 4.10. The van der Waals surface area contributed by atoms with Gasteiger partial charge in [0, 0.05) is 5.56 Å². The topological polar surface area (TPSA) is 61.8 Å². The van der Waals surface area contributed by atoms with E-state index in [1.165, 1.54) is 7.11 Å². The lowest BCUT2D eigenvalue weighted by atomic mass is 10.2. The van der Waals surface area contributed by atoms with Gasteiger partial charge in [0.05, 0.1) is 18.2 Å². The first kappa shape index (κ1) is 14.5. The fraction of sp³-hybridized carbons (Fsp3) is 0.333. The van der Waals surface area contributed by atoms with Gasteiger partial charge in [0.25, 0.3) is 0 Å². The van der Waals surface area contributed by atoms with E-state index in [1.54, 1.807) is 12.1 Å². The highest BCUT2D eigenvalue weighted by Gasteiger charge is 2.13. The Labute approximate surface area is 113 Å². The zero-order valence-electron chi connectivity index (χ0n) is 10.1. The number of rotatable bonds is 6. The van der Waals surface area contributed by atoms with Crippen LogP contribution in [0.2, 0.25) is 0 Å². The van der Waals surface area contributed by atoms with Gasteiger partial charge >= 0.3 is 5.97 Å². The third-order valence-electron chi connectivity index (χ3n) is 2.03. The minimum Gasteiger partial charge on any atom is -0.490 e. The molecular weight excluding hydrogens is 304 g/mol. The SMILES string of the molecule is CCOc1cc(C=O)cc(Br)c1OCC(=O)OC. The summed E-state index contributed by atoms with van der Waals surface area (Å²) in [6.07, 6.45) is 0.706. The van der Waals surface area contributed by atoms with Gasteiger partial charge in [0.1, 0.15) is 6.29 Å². The molecule has 0 aromatic heterocycles. The highest BCUT2D eigenvalue weighted by Crippen LogP contribution is 2.36. The molecule has 0 aliphatic carbocycles. The summed E-state index contributed by atoms with van der Waals surface area (Å²) in [5, 5.41) is 0. The van der Waals surface area contributed by atoms with Crippen LogP contribution < -0.4 is 9.47 Å². The number of hydrogen-bond acceptors (Lipinski definition) is 5. The Kier molecular flexibility index (Phi) is 5.64. The van der Waals surface area contributed by atoms with Crippen molar-refractivity contribution in [1.82, 2.24) is 0 Å². The second kappa shape index (κ2) is 7.00. The van der Waals surface area contributed by atoms with Crippen LogP contribution in [0.4, 0.5) is 0 Å². The van der Waals surface area contributed by atoms with Crippen LogP contribution in [-0.2, 0) is 9.53 Å². The van der Waals surface area contributed by atoms with Gasteiger partial charge in [0.2, 0.25) is 0 Å². The molecule has 1 aromatic rings. The lowest BCUT2D eigenvalue weighted by molar-refractivity contribution is -0.142. The highest BCUT2D eigenvalue weighted by molar-refractivity contribution is 9.10. The van der Waals surface area contributed by atoms with E-state index < -0.39 is 5.97 Å². The van der Waals surface area contributed by atoms with E-state index in [4.69, 9.17) is 9.47 Å². The number of carbonyl (C=O) groups is 2. The van der Waals surface area contributed by atoms with Gasteiger partial charge in [0.15, 0.2) is 18.1 Å². The number of benzene rings is 1. The highest BCUT2D eigenvalue weighted by atomic mass is 79.9. The van der Waals surface area contributed by atoms with Gasteiger partial charge in [-0.25, -0.2) is 4.79 Å². The molecule has 18 heavy (non-hydrogen) atoms. The van der Waals surface area contributed by atoms with Crippen LogP contribution in [-0.4, -0.2) is 32.6 Å². The Balaban J connectivity index is 2.99. The lowest BCUT2D eigenvalue weighted by Gasteiger charge is -2.13. The maximum Gasteiger partial charge on any atom is 0.343 e. The zero-order chi connectivity index (χ0) is 13.5. The largest absolute Gasteiger partial charge is 0.490 e. The summed E-state index contributed by atoms with van der Waals surface area (Å²) in [5.74, 6) is 0.273. The number of aldehydes is 1. The van der Waals surface area contributed by atoms with Crippen molar-refractivity contribution in [3.63, 3.8) is 0 Å². The Hall–Kier alpha value is -1.56. The molecule has 0 N–H and O–H groups in total. The van der Waals surface area contributed by atoms with Crippen molar-refractivity contribution in [2.45, 2.75) is 6.92 Å². The van der Waals surface area contributed by atoms with Gasteiger partial charge < -0.3 is 14.2 Å². The Bertz CT molecular complexity index is 444. The first-order valence-electron chi connectivity index (χ1n) is 5.23. The molecule has 0 unspecified atom stereocenters.